The molecule has 64 valence electrons. The van der Waals surface area contributed by atoms with Crippen LogP contribution in [0.3, 0.4) is 0 Å². The molecule has 0 radical (unpaired) electrons. The van der Waals surface area contributed by atoms with Crippen molar-refractivity contribution < 1.29 is 9.53 Å². The Morgan fingerprint density at radius 1 is 1.42 bits per heavy atom. The van der Waals surface area contributed by atoms with Crippen LogP contribution in [0.1, 0.15) is 0 Å². The number of carbonyl (C=O) groups is 1. The summed E-state index contributed by atoms with van der Waals surface area (Å²) in [7, 11) is 1.45. The number of carbonyl (C=O) groups excluding carboxylic acids is 1. The van der Waals surface area contributed by atoms with Gasteiger partial charge in [0.15, 0.2) is 5.78 Å². The highest BCUT2D eigenvalue weighted by Crippen LogP contribution is 2.09. The number of allylic oxidation sites excluding steroid dienone is 4. The zero-order valence-corrected chi connectivity index (χ0v) is 7.17. The van der Waals surface area contributed by atoms with Gasteiger partial charge in [-0.05, 0) is 12.2 Å². The Bertz CT molecular complexity index is 247. The summed E-state index contributed by atoms with van der Waals surface area (Å²) in [4.78, 5) is 11.1. The monoisotopic (exact) mass is 164 g/mol. The first-order chi connectivity index (χ1) is 5.67. The fourth-order valence-electron chi connectivity index (χ4n) is 0.650. The van der Waals surface area contributed by atoms with Crippen LogP contribution in [0.4, 0.5) is 0 Å². The lowest BCUT2D eigenvalue weighted by Crippen LogP contribution is -2.01. The van der Waals surface area contributed by atoms with Crippen molar-refractivity contribution in [3.05, 3.63) is 49.3 Å². The molecule has 2 nitrogen and oxygen atoms in total. The van der Waals surface area contributed by atoms with E-state index >= 15 is 0 Å². The van der Waals surface area contributed by atoms with Crippen LogP contribution in [0.15, 0.2) is 49.3 Å². The average molecular weight is 164 g/mol. The normalized spacial score (nSPS) is 10.2. The van der Waals surface area contributed by atoms with Crippen LogP contribution in [-0.4, -0.2) is 12.9 Å². The lowest BCUT2D eigenvalue weighted by molar-refractivity contribution is -0.111. The molecule has 2 heteroatoms. The second-order valence-electron chi connectivity index (χ2n) is 2.01. The molecule has 0 spiro atoms. The van der Waals surface area contributed by atoms with Crippen LogP contribution in [0, 0.1) is 0 Å². The average Bonchev–Trinajstić information content (AvgIpc) is 2.11. The standard InChI is InChI=1S/C10H12O2/c1-5-7-9(8(3)12-4)10(11)6-2/h5-7H,1-3H2,4H3/b9-7+. The number of hydrogen-bond acceptors (Lipinski definition) is 2. The first-order valence-electron chi connectivity index (χ1n) is 3.40. The summed E-state index contributed by atoms with van der Waals surface area (Å²) >= 11 is 0. The van der Waals surface area contributed by atoms with Gasteiger partial charge in [0.2, 0.25) is 0 Å². The van der Waals surface area contributed by atoms with Crippen molar-refractivity contribution in [3.63, 3.8) is 0 Å². The van der Waals surface area contributed by atoms with Gasteiger partial charge in [-0.2, -0.15) is 0 Å². The fourth-order valence-corrected chi connectivity index (χ4v) is 0.650. The van der Waals surface area contributed by atoms with E-state index in [1.807, 2.05) is 0 Å². The van der Waals surface area contributed by atoms with Crippen molar-refractivity contribution >= 4 is 5.78 Å². The Kier molecular flexibility index (Phi) is 4.46. The SMILES string of the molecule is C=C/C=C(\C(=C)OC)C(=O)C=C. The van der Waals surface area contributed by atoms with Crippen molar-refractivity contribution in [3.8, 4) is 0 Å². The Hall–Kier alpha value is -1.57. The maximum atomic E-state index is 11.1. The minimum atomic E-state index is -0.221. The Morgan fingerprint density at radius 3 is 2.33 bits per heavy atom. The molecule has 0 N–H and O–H groups in total. The van der Waals surface area contributed by atoms with Gasteiger partial charge in [0.05, 0.1) is 12.7 Å². The molecule has 0 aliphatic heterocycles. The second kappa shape index (κ2) is 5.13. The largest absolute Gasteiger partial charge is 0.497 e. The maximum absolute atomic E-state index is 11.1. The third-order valence-electron chi connectivity index (χ3n) is 1.28. The quantitative estimate of drug-likeness (QED) is 0.353. The number of rotatable bonds is 5. The van der Waals surface area contributed by atoms with E-state index in [4.69, 9.17) is 4.74 Å². The van der Waals surface area contributed by atoms with Gasteiger partial charge in [-0.3, -0.25) is 4.79 Å². The van der Waals surface area contributed by atoms with E-state index in [0.29, 0.717) is 11.3 Å². The molecule has 12 heavy (non-hydrogen) atoms. The van der Waals surface area contributed by atoms with Crippen LogP contribution in [0.25, 0.3) is 0 Å². The van der Waals surface area contributed by atoms with E-state index < -0.39 is 0 Å². The number of ketones is 1. The minimum absolute atomic E-state index is 0.221. The van der Waals surface area contributed by atoms with Crippen LogP contribution in [-0.2, 0) is 9.53 Å². The Balaban J connectivity index is 4.78. The predicted octanol–water partition coefficient (Wildman–Crippen LogP) is 2.01. The van der Waals surface area contributed by atoms with Crippen molar-refractivity contribution in [1.82, 2.24) is 0 Å². The molecular formula is C10H12O2. The fraction of sp³-hybridized carbons (Fsp3) is 0.100. The molecule has 0 unspecified atom stereocenters. The molecule has 0 rings (SSSR count). The van der Waals surface area contributed by atoms with E-state index in [1.54, 1.807) is 0 Å². The molecule has 0 aliphatic carbocycles. The smallest absolute Gasteiger partial charge is 0.188 e. The molecule has 0 aromatic carbocycles. The molecule has 0 heterocycles. The highest BCUT2D eigenvalue weighted by Gasteiger charge is 2.08. The Morgan fingerprint density at radius 2 is 2.00 bits per heavy atom. The second-order valence-corrected chi connectivity index (χ2v) is 2.01. The summed E-state index contributed by atoms with van der Waals surface area (Å²) in [6.45, 7) is 10.4. The van der Waals surface area contributed by atoms with Crippen molar-refractivity contribution in [2.45, 2.75) is 0 Å². The maximum Gasteiger partial charge on any atom is 0.188 e. The Labute approximate surface area is 72.5 Å². The van der Waals surface area contributed by atoms with Crippen LogP contribution in [0.2, 0.25) is 0 Å². The van der Waals surface area contributed by atoms with Crippen molar-refractivity contribution in [2.75, 3.05) is 7.11 Å². The molecule has 0 bridgehead atoms. The molecule has 0 saturated heterocycles. The van der Waals surface area contributed by atoms with E-state index in [1.165, 1.54) is 25.3 Å². The van der Waals surface area contributed by atoms with Crippen molar-refractivity contribution in [2.24, 2.45) is 0 Å². The minimum Gasteiger partial charge on any atom is -0.497 e. The lowest BCUT2D eigenvalue weighted by atomic mass is 10.1. The van der Waals surface area contributed by atoms with E-state index in [0.717, 1.165) is 0 Å². The first kappa shape index (κ1) is 10.4. The van der Waals surface area contributed by atoms with Crippen LogP contribution >= 0.6 is 0 Å². The van der Waals surface area contributed by atoms with Gasteiger partial charge in [0.25, 0.3) is 0 Å². The zero-order valence-electron chi connectivity index (χ0n) is 7.17. The molecular weight excluding hydrogens is 152 g/mol. The van der Waals surface area contributed by atoms with Crippen LogP contribution in [0.5, 0.6) is 0 Å². The summed E-state index contributed by atoms with van der Waals surface area (Å²) < 4.78 is 4.81. The number of ether oxygens (including phenoxy) is 1. The van der Waals surface area contributed by atoms with Gasteiger partial charge < -0.3 is 4.74 Å². The van der Waals surface area contributed by atoms with Gasteiger partial charge in [-0.1, -0.05) is 25.8 Å². The highest BCUT2D eigenvalue weighted by atomic mass is 16.5. The van der Waals surface area contributed by atoms with Crippen molar-refractivity contribution in [1.29, 1.82) is 0 Å². The molecule has 0 aromatic heterocycles. The van der Waals surface area contributed by atoms with E-state index in [2.05, 4.69) is 19.7 Å². The third kappa shape index (κ3) is 2.58. The zero-order chi connectivity index (χ0) is 9.56. The summed E-state index contributed by atoms with van der Waals surface area (Å²) in [5, 5.41) is 0. The summed E-state index contributed by atoms with van der Waals surface area (Å²) in [5.41, 5.74) is 0.377. The molecule has 0 fully saturated rings. The highest BCUT2D eigenvalue weighted by molar-refractivity contribution is 6.06. The molecule has 0 aromatic rings. The topological polar surface area (TPSA) is 26.3 Å². The van der Waals surface area contributed by atoms with Gasteiger partial charge in [-0.15, -0.1) is 0 Å². The predicted molar refractivity (Wildman–Crippen MR) is 49.6 cm³/mol. The molecule has 0 amide bonds. The molecule has 0 aliphatic rings. The first-order valence-corrected chi connectivity index (χ1v) is 3.40. The number of methoxy groups -OCH3 is 1. The molecule has 0 saturated carbocycles. The lowest BCUT2D eigenvalue weighted by Gasteiger charge is -2.04. The molecule has 0 atom stereocenters. The summed E-state index contributed by atoms with van der Waals surface area (Å²) in [6, 6.07) is 0. The van der Waals surface area contributed by atoms with Gasteiger partial charge >= 0.3 is 0 Å². The van der Waals surface area contributed by atoms with Gasteiger partial charge in [0, 0.05) is 0 Å². The van der Waals surface area contributed by atoms with Gasteiger partial charge in [0.1, 0.15) is 5.76 Å². The third-order valence-corrected chi connectivity index (χ3v) is 1.28. The van der Waals surface area contributed by atoms with E-state index in [9.17, 15) is 4.79 Å². The van der Waals surface area contributed by atoms with Gasteiger partial charge in [-0.25, -0.2) is 0 Å². The summed E-state index contributed by atoms with van der Waals surface area (Å²) in [5.74, 6) is 0.0987. The van der Waals surface area contributed by atoms with Crippen LogP contribution < -0.4 is 0 Å². The number of hydrogen-bond donors (Lipinski definition) is 0. The summed E-state index contributed by atoms with van der Waals surface area (Å²) in [6.07, 6.45) is 4.25. The van der Waals surface area contributed by atoms with E-state index in [-0.39, 0.29) is 5.78 Å².